The van der Waals surface area contributed by atoms with E-state index in [2.05, 4.69) is 5.32 Å². The van der Waals surface area contributed by atoms with Crippen molar-refractivity contribution in [3.63, 3.8) is 0 Å². The topological polar surface area (TPSA) is 113 Å². The van der Waals surface area contributed by atoms with Crippen molar-refractivity contribution in [1.29, 1.82) is 0 Å². The minimum Gasteiger partial charge on any atom is -0.466 e. The highest BCUT2D eigenvalue weighted by atomic mass is 31.2. The Kier molecular flexibility index (Phi) is 8.46. The molecule has 1 amide bonds. The number of hydrogen-bond acceptors (Lipinski definition) is 4. The average molecular weight is 411 g/mol. The first-order chi connectivity index (χ1) is 12.4. The minimum atomic E-state index is -4.54. The number of halogens is 3. The Labute approximate surface area is 154 Å². The summed E-state index contributed by atoms with van der Waals surface area (Å²) < 4.78 is 53.7. The number of nitrogens with one attached hydrogen (secondary N) is 1. The molecule has 0 fully saturated rings. The van der Waals surface area contributed by atoms with Crippen LogP contribution in [-0.2, 0) is 31.5 Å². The van der Waals surface area contributed by atoms with Crippen molar-refractivity contribution in [2.45, 2.75) is 25.9 Å². The van der Waals surface area contributed by atoms with Crippen molar-refractivity contribution in [2.75, 3.05) is 19.3 Å². The fourth-order valence-corrected chi connectivity index (χ4v) is 3.18. The molecule has 0 heterocycles. The number of hydrogen-bond donors (Lipinski definition) is 3. The Morgan fingerprint density at radius 1 is 1.22 bits per heavy atom. The number of carbonyl (C=O) groups excluding carboxylic acids is 2. The van der Waals surface area contributed by atoms with Crippen molar-refractivity contribution in [1.82, 2.24) is 5.32 Å². The van der Waals surface area contributed by atoms with Gasteiger partial charge in [0.1, 0.15) is 0 Å². The van der Waals surface area contributed by atoms with Crippen LogP contribution >= 0.6 is 7.60 Å². The molecule has 3 N–H and O–H groups in total. The summed E-state index contributed by atoms with van der Waals surface area (Å²) in [7, 11) is -4.54. The zero-order valence-corrected chi connectivity index (χ0v) is 15.4. The van der Waals surface area contributed by atoms with Gasteiger partial charge in [-0.3, -0.25) is 14.2 Å². The Morgan fingerprint density at radius 2 is 1.81 bits per heavy atom. The van der Waals surface area contributed by atoms with Gasteiger partial charge in [0.15, 0.2) is 0 Å². The number of carbonyl (C=O) groups is 2. The SMILES string of the molecule is CCOC(=O)CCNC(=O)C(Cc1ccc(C(F)(F)F)cc1)CP(=O)(O)O. The normalized spacial score (nSPS) is 13.1. The molecule has 0 saturated carbocycles. The summed E-state index contributed by atoms with van der Waals surface area (Å²) in [5, 5.41) is 2.39. The van der Waals surface area contributed by atoms with Gasteiger partial charge in [-0.25, -0.2) is 0 Å². The summed E-state index contributed by atoms with van der Waals surface area (Å²) >= 11 is 0. The van der Waals surface area contributed by atoms with Crippen LogP contribution in [0.1, 0.15) is 24.5 Å². The van der Waals surface area contributed by atoms with E-state index in [1.807, 2.05) is 0 Å². The number of benzene rings is 1. The summed E-state index contributed by atoms with van der Waals surface area (Å²) in [4.78, 5) is 41.8. The molecule has 0 saturated heterocycles. The maximum Gasteiger partial charge on any atom is 0.416 e. The van der Waals surface area contributed by atoms with E-state index in [4.69, 9.17) is 14.5 Å². The molecule has 0 aliphatic heterocycles. The Morgan fingerprint density at radius 3 is 2.30 bits per heavy atom. The highest BCUT2D eigenvalue weighted by Gasteiger charge is 2.31. The number of amides is 1. The monoisotopic (exact) mass is 411 g/mol. The summed E-state index contributed by atoms with van der Waals surface area (Å²) in [6.07, 6.45) is -5.54. The first-order valence-electron chi connectivity index (χ1n) is 8.06. The maximum atomic E-state index is 12.6. The summed E-state index contributed by atoms with van der Waals surface area (Å²) in [5.41, 5.74) is -0.543. The third kappa shape index (κ3) is 9.03. The van der Waals surface area contributed by atoms with Gasteiger partial charge >= 0.3 is 19.7 Å². The lowest BCUT2D eigenvalue weighted by Gasteiger charge is -2.18. The Bertz CT molecular complexity index is 686. The van der Waals surface area contributed by atoms with Gasteiger partial charge in [-0.05, 0) is 31.0 Å². The molecule has 0 bridgehead atoms. The molecule has 7 nitrogen and oxygen atoms in total. The van der Waals surface area contributed by atoms with Crippen LogP contribution in [0.25, 0.3) is 0 Å². The standard InChI is InChI=1S/C16H21F3NO6P/c1-2-26-14(21)7-8-20-15(22)12(10-27(23,24)25)9-11-3-5-13(6-4-11)16(17,18)19/h3-6,12H,2,7-10H2,1H3,(H,20,22)(H2,23,24,25). The second kappa shape index (κ2) is 9.87. The fraction of sp³-hybridized carbons (Fsp3) is 0.500. The van der Waals surface area contributed by atoms with Crippen molar-refractivity contribution in [3.05, 3.63) is 35.4 Å². The summed E-state index contributed by atoms with van der Waals surface area (Å²) in [6.45, 7) is 1.72. The summed E-state index contributed by atoms with van der Waals surface area (Å²) in [5.74, 6) is -2.40. The Hall–Kier alpha value is -1.90. The van der Waals surface area contributed by atoms with Crippen LogP contribution < -0.4 is 5.32 Å². The highest BCUT2D eigenvalue weighted by Crippen LogP contribution is 2.38. The molecule has 1 aromatic rings. The average Bonchev–Trinajstić information content (AvgIpc) is 2.52. The smallest absolute Gasteiger partial charge is 0.416 e. The van der Waals surface area contributed by atoms with Gasteiger partial charge < -0.3 is 19.8 Å². The van der Waals surface area contributed by atoms with E-state index in [1.165, 1.54) is 0 Å². The molecule has 0 aliphatic carbocycles. The predicted molar refractivity (Wildman–Crippen MR) is 89.8 cm³/mol. The minimum absolute atomic E-state index is 0.0810. The van der Waals surface area contributed by atoms with E-state index in [1.54, 1.807) is 6.92 Å². The molecule has 27 heavy (non-hydrogen) atoms. The molecule has 1 atom stereocenters. The number of ether oxygens (including phenoxy) is 1. The van der Waals surface area contributed by atoms with Gasteiger partial charge in [-0.2, -0.15) is 13.2 Å². The molecule has 0 aliphatic rings. The van der Waals surface area contributed by atoms with Gasteiger partial charge in [0.25, 0.3) is 0 Å². The van der Waals surface area contributed by atoms with Crippen molar-refractivity contribution in [3.8, 4) is 0 Å². The molecule has 1 unspecified atom stereocenters. The largest absolute Gasteiger partial charge is 0.466 e. The third-order valence-electron chi connectivity index (χ3n) is 3.53. The zero-order valence-electron chi connectivity index (χ0n) is 14.5. The van der Waals surface area contributed by atoms with Gasteiger partial charge in [0, 0.05) is 6.54 Å². The van der Waals surface area contributed by atoms with E-state index < -0.39 is 43.3 Å². The lowest BCUT2D eigenvalue weighted by atomic mass is 9.99. The van der Waals surface area contributed by atoms with Crippen molar-refractivity contribution < 1.29 is 41.8 Å². The lowest BCUT2D eigenvalue weighted by Crippen LogP contribution is -2.35. The first kappa shape index (κ1) is 23.1. The molecular weight excluding hydrogens is 390 g/mol. The maximum absolute atomic E-state index is 12.6. The first-order valence-corrected chi connectivity index (χ1v) is 9.86. The van der Waals surface area contributed by atoms with Gasteiger partial charge in [0.05, 0.1) is 30.7 Å². The molecule has 0 aromatic heterocycles. The Balaban J connectivity index is 2.77. The molecular formula is C16H21F3NO6P. The molecule has 11 heteroatoms. The summed E-state index contributed by atoms with van der Waals surface area (Å²) in [6, 6.07) is 3.98. The van der Waals surface area contributed by atoms with Crippen molar-refractivity contribution in [2.24, 2.45) is 5.92 Å². The van der Waals surface area contributed by atoms with Crippen LogP contribution in [0, 0.1) is 5.92 Å². The van der Waals surface area contributed by atoms with E-state index in [9.17, 15) is 27.3 Å². The highest BCUT2D eigenvalue weighted by molar-refractivity contribution is 7.51. The zero-order chi connectivity index (χ0) is 20.7. The van der Waals surface area contributed by atoms with Crippen LogP contribution in [0.2, 0.25) is 0 Å². The van der Waals surface area contributed by atoms with Crippen LogP contribution in [0.3, 0.4) is 0 Å². The second-order valence-corrected chi connectivity index (χ2v) is 7.48. The van der Waals surface area contributed by atoms with Crippen LogP contribution in [0.4, 0.5) is 13.2 Å². The molecule has 0 radical (unpaired) electrons. The molecule has 0 spiro atoms. The van der Waals surface area contributed by atoms with Gasteiger partial charge in [0.2, 0.25) is 5.91 Å². The molecule has 1 rings (SSSR count). The van der Waals surface area contributed by atoms with E-state index in [0.29, 0.717) is 5.56 Å². The quantitative estimate of drug-likeness (QED) is 0.424. The van der Waals surface area contributed by atoms with Crippen molar-refractivity contribution >= 4 is 19.5 Å². The van der Waals surface area contributed by atoms with Gasteiger partial charge in [-0.1, -0.05) is 12.1 Å². The van der Waals surface area contributed by atoms with Gasteiger partial charge in [-0.15, -0.1) is 0 Å². The molecule has 1 aromatic carbocycles. The van der Waals surface area contributed by atoms with E-state index in [0.717, 1.165) is 24.3 Å². The number of rotatable bonds is 9. The third-order valence-corrected chi connectivity index (χ3v) is 4.44. The lowest BCUT2D eigenvalue weighted by molar-refractivity contribution is -0.143. The van der Waals surface area contributed by atoms with Crippen LogP contribution in [0.15, 0.2) is 24.3 Å². The van der Waals surface area contributed by atoms with Crippen LogP contribution in [-0.4, -0.2) is 41.0 Å². The second-order valence-electron chi connectivity index (χ2n) is 5.79. The van der Waals surface area contributed by atoms with Crippen LogP contribution in [0.5, 0.6) is 0 Å². The fourth-order valence-electron chi connectivity index (χ4n) is 2.31. The van der Waals surface area contributed by atoms with E-state index >= 15 is 0 Å². The number of esters is 1. The number of alkyl halides is 3. The predicted octanol–water partition coefficient (Wildman–Crippen LogP) is 2.11. The molecule has 152 valence electrons. The van der Waals surface area contributed by atoms with E-state index in [-0.39, 0.29) is 26.0 Å².